The summed E-state index contributed by atoms with van der Waals surface area (Å²) in [5.41, 5.74) is 3.13. The van der Waals surface area contributed by atoms with Gasteiger partial charge in [-0.3, -0.25) is 0 Å². The monoisotopic (exact) mass is 267 g/mol. The van der Waals surface area contributed by atoms with E-state index in [9.17, 15) is 0 Å². The number of aryl methyl sites for hydroxylation is 1. The van der Waals surface area contributed by atoms with Gasteiger partial charge in [-0.2, -0.15) is 5.10 Å². The van der Waals surface area contributed by atoms with Crippen LogP contribution in [0.15, 0.2) is 36.7 Å². The third kappa shape index (κ3) is 2.00. The molecule has 1 saturated carbocycles. The van der Waals surface area contributed by atoms with Gasteiger partial charge in [-0.1, -0.05) is 6.07 Å². The Bertz CT molecular complexity index is 751. The molecule has 0 radical (unpaired) electrons. The lowest BCUT2D eigenvalue weighted by Gasteiger charge is -2.06. The molecule has 1 N–H and O–H groups in total. The fraction of sp³-hybridized carbons (Fsp3) is 0.333. The highest BCUT2D eigenvalue weighted by molar-refractivity contribution is 5.48. The quantitative estimate of drug-likeness (QED) is 0.787. The summed E-state index contributed by atoms with van der Waals surface area (Å²) in [7, 11) is 0. The molecule has 0 unspecified atom stereocenters. The fourth-order valence-electron chi connectivity index (χ4n) is 2.44. The van der Waals surface area contributed by atoms with Crippen LogP contribution in [0.25, 0.3) is 11.5 Å². The van der Waals surface area contributed by atoms with Crippen LogP contribution in [0.1, 0.15) is 24.2 Å². The first kappa shape index (κ1) is 11.7. The lowest BCUT2D eigenvalue weighted by atomic mass is 10.4. The smallest absolute Gasteiger partial charge is 0.176 e. The molecule has 1 aliphatic rings. The van der Waals surface area contributed by atoms with Gasteiger partial charge >= 0.3 is 0 Å². The van der Waals surface area contributed by atoms with E-state index < -0.39 is 0 Å². The lowest BCUT2D eigenvalue weighted by Crippen LogP contribution is -2.18. The van der Waals surface area contributed by atoms with Crippen molar-refractivity contribution in [3.63, 3.8) is 0 Å². The van der Waals surface area contributed by atoms with E-state index in [-0.39, 0.29) is 0 Å². The van der Waals surface area contributed by atoms with Crippen LogP contribution in [0, 0.1) is 6.92 Å². The average Bonchev–Trinajstić information content (AvgIpc) is 3.07. The molecule has 0 aromatic carbocycles. The summed E-state index contributed by atoms with van der Waals surface area (Å²) in [5, 5.41) is 8.06. The summed E-state index contributed by atoms with van der Waals surface area (Å²) in [4.78, 5) is 4.72. The van der Waals surface area contributed by atoms with Crippen LogP contribution in [0.2, 0.25) is 0 Å². The number of hydrogen-bond acceptors (Lipinski definition) is 3. The largest absolute Gasteiger partial charge is 0.308 e. The maximum absolute atomic E-state index is 4.72. The standard InChI is InChI=1S/C15H17N5/c1-11-7-9-20(18-11)15-13(10-16-12-5-6-12)19-8-3-2-4-14(19)17-15/h2-4,7-9,12,16H,5-6,10H2,1H3. The molecule has 0 atom stereocenters. The third-order valence-corrected chi connectivity index (χ3v) is 3.68. The summed E-state index contributed by atoms with van der Waals surface area (Å²) in [6.45, 7) is 2.82. The first-order valence-corrected chi connectivity index (χ1v) is 7.03. The molecule has 0 aliphatic heterocycles. The van der Waals surface area contributed by atoms with Crippen LogP contribution in [0.4, 0.5) is 0 Å². The molecular weight excluding hydrogens is 250 g/mol. The van der Waals surface area contributed by atoms with Crippen molar-refractivity contribution in [2.24, 2.45) is 0 Å². The van der Waals surface area contributed by atoms with Gasteiger partial charge in [-0.05, 0) is 38.0 Å². The number of nitrogens with one attached hydrogen (secondary N) is 1. The molecule has 5 heteroatoms. The zero-order valence-corrected chi connectivity index (χ0v) is 11.5. The number of hydrogen-bond donors (Lipinski definition) is 1. The van der Waals surface area contributed by atoms with Crippen molar-refractivity contribution in [2.75, 3.05) is 0 Å². The highest BCUT2D eigenvalue weighted by Gasteiger charge is 2.22. The maximum Gasteiger partial charge on any atom is 0.176 e. The molecule has 0 saturated heterocycles. The number of pyridine rings is 1. The molecule has 0 spiro atoms. The van der Waals surface area contributed by atoms with Gasteiger partial charge in [-0.15, -0.1) is 0 Å². The summed E-state index contributed by atoms with van der Waals surface area (Å²) in [5.74, 6) is 0.914. The minimum atomic E-state index is 0.677. The highest BCUT2D eigenvalue weighted by atomic mass is 15.3. The molecular formula is C15H17N5. The van der Waals surface area contributed by atoms with E-state index in [0.29, 0.717) is 6.04 Å². The van der Waals surface area contributed by atoms with E-state index >= 15 is 0 Å². The normalized spacial score (nSPS) is 15.1. The predicted octanol–water partition coefficient (Wildman–Crippen LogP) is 2.08. The molecule has 5 nitrogen and oxygen atoms in total. The molecule has 0 bridgehead atoms. The molecule has 102 valence electrons. The Hall–Kier alpha value is -2.14. The van der Waals surface area contributed by atoms with Crippen molar-refractivity contribution in [2.45, 2.75) is 32.4 Å². The van der Waals surface area contributed by atoms with Crippen LogP contribution < -0.4 is 5.32 Å². The van der Waals surface area contributed by atoms with Crippen molar-refractivity contribution < 1.29 is 0 Å². The van der Waals surface area contributed by atoms with Gasteiger partial charge in [0.15, 0.2) is 5.82 Å². The molecule has 4 rings (SSSR count). The number of nitrogens with zero attached hydrogens (tertiary/aromatic N) is 4. The predicted molar refractivity (Wildman–Crippen MR) is 76.9 cm³/mol. The van der Waals surface area contributed by atoms with Crippen LogP contribution in [-0.2, 0) is 6.54 Å². The third-order valence-electron chi connectivity index (χ3n) is 3.68. The van der Waals surface area contributed by atoms with Crippen molar-refractivity contribution in [1.29, 1.82) is 0 Å². The lowest BCUT2D eigenvalue weighted by molar-refractivity contribution is 0.662. The molecule has 3 heterocycles. The first-order chi connectivity index (χ1) is 9.81. The summed E-state index contributed by atoms with van der Waals surface area (Å²) in [6.07, 6.45) is 6.60. The molecule has 0 amide bonds. The van der Waals surface area contributed by atoms with E-state index in [4.69, 9.17) is 4.98 Å². The van der Waals surface area contributed by atoms with Gasteiger partial charge in [0.1, 0.15) is 5.65 Å². The van der Waals surface area contributed by atoms with Crippen LogP contribution in [-0.4, -0.2) is 25.2 Å². The van der Waals surface area contributed by atoms with Gasteiger partial charge in [0.2, 0.25) is 0 Å². The fourth-order valence-corrected chi connectivity index (χ4v) is 2.44. The van der Waals surface area contributed by atoms with Gasteiger partial charge < -0.3 is 9.72 Å². The molecule has 3 aromatic rings. The van der Waals surface area contributed by atoms with E-state index in [1.807, 2.05) is 42.1 Å². The highest BCUT2D eigenvalue weighted by Crippen LogP contribution is 2.21. The molecule has 3 aromatic heterocycles. The van der Waals surface area contributed by atoms with Crippen LogP contribution in [0.5, 0.6) is 0 Å². The summed E-state index contributed by atoms with van der Waals surface area (Å²) in [6, 6.07) is 8.76. The van der Waals surface area contributed by atoms with E-state index in [0.717, 1.165) is 29.4 Å². The van der Waals surface area contributed by atoms with E-state index in [1.54, 1.807) is 0 Å². The maximum atomic E-state index is 4.72. The number of rotatable bonds is 4. The number of fused-ring (bicyclic) bond motifs is 1. The Morgan fingerprint density at radius 2 is 2.15 bits per heavy atom. The van der Waals surface area contributed by atoms with Gasteiger partial charge in [0.25, 0.3) is 0 Å². The average molecular weight is 267 g/mol. The van der Waals surface area contributed by atoms with E-state index in [2.05, 4.69) is 21.0 Å². The number of imidazole rings is 1. The molecule has 1 fully saturated rings. The Morgan fingerprint density at radius 3 is 2.90 bits per heavy atom. The Balaban J connectivity index is 1.82. The summed E-state index contributed by atoms with van der Waals surface area (Å²) >= 11 is 0. The second-order valence-corrected chi connectivity index (χ2v) is 5.37. The van der Waals surface area contributed by atoms with Crippen molar-refractivity contribution in [3.05, 3.63) is 48.0 Å². The zero-order valence-electron chi connectivity index (χ0n) is 11.5. The Kier molecular flexibility index (Phi) is 2.60. The topological polar surface area (TPSA) is 47.1 Å². The number of aromatic nitrogens is 4. The van der Waals surface area contributed by atoms with Crippen LogP contribution in [0.3, 0.4) is 0 Å². The molecule has 20 heavy (non-hydrogen) atoms. The summed E-state index contributed by atoms with van der Waals surface area (Å²) < 4.78 is 4.01. The van der Waals surface area contributed by atoms with Crippen molar-refractivity contribution in [3.8, 4) is 5.82 Å². The second-order valence-electron chi connectivity index (χ2n) is 5.37. The van der Waals surface area contributed by atoms with Crippen LogP contribution >= 0.6 is 0 Å². The minimum absolute atomic E-state index is 0.677. The Labute approximate surface area is 117 Å². The second kappa shape index (κ2) is 4.45. The SMILES string of the molecule is Cc1ccn(-c2nc3ccccn3c2CNC2CC2)n1. The van der Waals surface area contributed by atoms with Gasteiger partial charge in [-0.25, -0.2) is 9.67 Å². The minimum Gasteiger partial charge on any atom is -0.308 e. The van der Waals surface area contributed by atoms with Gasteiger partial charge in [0.05, 0.1) is 11.4 Å². The Morgan fingerprint density at radius 1 is 1.25 bits per heavy atom. The first-order valence-electron chi connectivity index (χ1n) is 7.03. The molecule has 1 aliphatic carbocycles. The van der Waals surface area contributed by atoms with Crippen molar-refractivity contribution in [1.82, 2.24) is 24.5 Å². The van der Waals surface area contributed by atoms with Gasteiger partial charge in [0, 0.05) is 25.0 Å². The van der Waals surface area contributed by atoms with Crippen molar-refractivity contribution >= 4 is 5.65 Å². The zero-order chi connectivity index (χ0) is 13.5. The van der Waals surface area contributed by atoms with E-state index in [1.165, 1.54) is 12.8 Å².